The first-order valence-electron chi connectivity index (χ1n) is 4.91. The monoisotopic (exact) mass is 216 g/mol. The van der Waals surface area contributed by atoms with Crippen molar-refractivity contribution in [1.82, 2.24) is 0 Å². The Bertz CT molecular complexity index is 250. The van der Waals surface area contributed by atoms with E-state index in [9.17, 15) is 20.1 Å². The molecule has 5 nitrogen and oxygen atoms in total. The van der Waals surface area contributed by atoms with Gasteiger partial charge in [-0.2, -0.15) is 0 Å². The van der Waals surface area contributed by atoms with Crippen molar-refractivity contribution in [1.29, 1.82) is 0 Å². The highest BCUT2D eigenvalue weighted by Crippen LogP contribution is 2.11. The van der Waals surface area contributed by atoms with Gasteiger partial charge < -0.3 is 20.1 Å². The van der Waals surface area contributed by atoms with Crippen LogP contribution in [0.4, 0.5) is 0 Å². The van der Waals surface area contributed by atoms with Crippen LogP contribution in [0.25, 0.3) is 0 Å². The van der Waals surface area contributed by atoms with Crippen molar-refractivity contribution in [3.8, 4) is 0 Å². The molecule has 1 heterocycles. The highest BCUT2D eigenvalue weighted by Gasteiger charge is 2.22. The Balaban J connectivity index is 2.72. The zero-order valence-corrected chi connectivity index (χ0v) is 8.54. The van der Waals surface area contributed by atoms with E-state index in [4.69, 9.17) is 4.74 Å². The topological polar surface area (TPSA) is 87.0 Å². The molecule has 0 unspecified atom stereocenters. The zero-order valence-electron chi connectivity index (χ0n) is 8.54. The van der Waals surface area contributed by atoms with Crippen LogP contribution >= 0.6 is 0 Å². The molecule has 5 heteroatoms. The van der Waals surface area contributed by atoms with Gasteiger partial charge in [0, 0.05) is 6.42 Å². The lowest BCUT2D eigenvalue weighted by Gasteiger charge is -2.20. The van der Waals surface area contributed by atoms with E-state index in [1.54, 1.807) is 6.92 Å². The van der Waals surface area contributed by atoms with E-state index in [0.29, 0.717) is 0 Å². The van der Waals surface area contributed by atoms with Gasteiger partial charge in [-0.25, -0.2) is 0 Å². The number of hydrogen-bond acceptors (Lipinski definition) is 5. The normalized spacial score (nSPS) is 40.7. The second-order valence-electron chi connectivity index (χ2n) is 3.75. The van der Waals surface area contributed by atoms with Crippen LogP contribution in [0.1, 0.15) is 19.8 Å². The lowest BCUT2D eigenvalue weighted by molar-refractivity contribution is -0.152. The molecule has 0 radical (unpaired) electrons. The molecule has 1 rings (SSSR count). The van der Waals surface area contributed by atoms with Crippen molar-refractivity contribution in [2.75, 3.05) is 0 Å². The number of hydrogen-bond donors (Lipinski definition) is 3. The fourth-order valence-corrected chi connectivity index (χ4v) is 1.40. The Hall–Kier alpha value is -0.910. The molecule has 0 aromatic rings. The summed E-state index contributed by atoms with van der Waals surface area (Å²) in [6.07, 6.45) is -0.805. The fraction of sp³-hybridized carbons (Fsp3) is 0.700. The molecule has 0 fully saturated rings. The summed E-state index contributed by atoms with van der Waals surface area (Å²) in [4.78, 5) is 11.2. The summed E-state index contributed by atoms with van der Waals surface area (Å²) in [5, 5.41) is 28.1. The van der Waals surface area contributed by atoms with Crippen LogP contribution < -0.4 is 0 Å². The van der Waals surface area contributed by atoms with E-state index in [1.807, 2.05) is 0 Å². The minimum absolute atomic E-state index is 0.244. The van der Waals surface area contributed by atoms with Crippen LogP contribution in [0.3, 0.4) is 0 Å². The number of rotatable bonds is 0. The first-order valence-corrected chi connectivity index (χ1v) is 4.91. The van der Waals surface area contributed by atoms with Gasteiger partial charge in [0.1, 0.15) is 6.10 Å². The largest absolute Gasteiger partial charge is 0.462 e. The maximum Gasteiger partial charge on any atom is 0.308 e. The molecule has 0 bridgehead atoms. The van der Waals surface area contributed by atoms with E-state index in [2.05, 4.69) is 0 Å². The van der Waals surface area contributed by atoms with E-state index < -0.39 is 30.4 Å². The standard InChI is InChI=1S/C10H16O5/c1-6-4-7(11)2-3-8(12)9(13)5-10(14)15-6/h2-3,6-9,11-13H,4-5H2,1H3/b3-2-/t6-,7-,8+,9-/m1/s1. The summed E-state index contributed by atoms with van der Waals surface area (Å²) in [6.45, 7) is 1.67. The number of cyclic esters (lactones) is 1. The number of aliphatic hydroxyl groups is 3. The van der Waals surface area contributed by atoms with Gasteiger partial charge in [0.2, 0.25) is 0 Å². The first-order chi connectivity index (χ1) is 6.99. The molecule has 86 valence electrons. The molecule has 15 heavy (non-hydrogen) atoms. The van der Waals surface area contributed by atoms with Crippen LogP contribution in [0.5, 0.6) is 0 Å². The molecule has 4 atom stereocenters. The SMILES string of the molecule is C[C@@H]1C[C@H](O)/C=C\[C@H](O)[C@H](O)CC(=O)O1. The third-order valence-corrected chi connectivity index (χ3v) is 2.21. The summed E-state index contributed by atoms with van der Waals surface area (Å²) in [5.74, 6) is -0.573. The van der Waals surface area contributed by atoms with Crippen molar-refractivity contribution in [3.05, 3.63) is 12.2 Å². The molecule has 0 saturated heterocycles. The Morgan fingerprint density at radius 1 is 1.33 bits per heavy atom. The third kappa shape index (κ3) is 3.99. The Morgan fingerprint density at radius 2 is 2.00 bits per heavy atom. The van der Waals surface area contributed by atoms with Gasteiger partial charge in [0.25, 0.3) is 0 Å². The fourth-order valence-electron chi connectivity index (χ4n) is 1.40. The maximum absolute atomic E-state index is 11.2. The quantitative estimate of drug-likeness (QED) is 0.370. The molecule has 3 N–H and O–H groups in total. The third-order valence-electron chi connectivity index (χ3n) is 2.21. The van der Waals surface area contributed by atoms with Gasteiger partial charge in [-0.15, -0.1) is 0 Å². The second kappa shape index (κ2) is 5.25. The predicted octanol–water partition coefficient (Wildman–Crippen LogP) is -0.649. The van der Waals surface area contributed by atoms with Crippen LogP contribution in [0.2, 0.25) is 0 Å². The van der Waals surface area contributed by atoms with Gasteiger partial charge in [0.15, 0.2) is 0 Å². The molecule has 0 amide bonds. The molecule has 0 spiro atoms. The van der Waals surface area contributed by atoms with Crippen LogP contribution in [-0.2, 0) is 9.53 Å². The molecule has 0 saturated carbocycles. The summed E-state index contributed by atoms with van der Waals surface area (Å²) in [5.41, 5.74) is 0. The minimum atomic E-state index is -1.19. The highest BCUT2D eigenvalue weighted by atomic mass is 16.5. The lowest BCUT2D eigenvalue weighted by atomic mass is 10.1. The molecule has 1 aliphatic heterocycles. The van der Waals surface area contributed by atoms with Gasteiger partial charge in [-0.3, -0.25) is 4.79 Å². The molecule has 0 aliphatic carbocycles. The van der Waals surface area contributed by atoms with Crippen molar-refractivity contribution >= 4 is 5.97 Å². The minimum Gasteiger partial charge on any atom is -0.462 e. The van der Waals surface area contributed by atoms with Crippen molar-refractivity contribution < 1.29 is 24.9 Å². The van der Waals surface area contributed by atoms with Crippen molar-refractivity contribution in [3.63, 3.8) is 0 Å². The maximum atomic E-state index is 11.2. The number of carbonyl (C=O) groups is 1. The van der Waals surface area contributed by atoms with Crippen LogP contribution in [0, 0.1) is 0 Å². The van der Waals surface area contributed by atoms with E-state index in [0.717, 1.165) is 0 Å². The van der Waals surface area contributed by atoms with Gasteiger partial charge in [0.05, 0.1) is 24.7 Å². The average molecular weight is 216 g/mol. The number of ether oxygens (including phenoxy) is 1. The van der Waals surface area contributed by atoms with Gasteiger partial charge >= 0.3 is 5.97 Å². The van der Waals surface area contributed by atoms with Gasteiger partial charge in [-0.1, -0.05) is 12.2 Å². The Morgan fingerprint density at radius 3 is 2.67 bits per heavy atom. The van der Waals surface area contributed by atoms with Gasteiger partial charge in [-0.05, 0) is 6.92 Å². The predicted molar refractivity (Wildman–Crippen MR) is 51.9 cm³/mol. The molecule has 0 aromatic heterocycles. The Kier molecular flexibility index (Phi) is 4.26. The zero-order chi connectivity index (χ0) is 11.4. The molecule has 0 aromatic carbocycles. The summed E-state index contributed by atoms with van der Waals surface area (Å²) in [6, 6.07) is 0. The van der Waals surface area contributed by atoms with Crippen LogP contribution in [-0.4, -0.2) is 45.7 Å². The highest BCUT2D eigenvalue weighted by molar-refractivity contribution is 5.70. The number of esters is 1. The van der Waals surface area contributed by atoms with E-state index in [-0.39, 0.29) is 12.8 Å². The summed E-state index contributed by atoms with van der Waals surface area (Å²) < 4.78 is 4.91. The van der Waals surface area contributed by atoms with E-state index in [1.165, 1.54) is 12.2 Å². The summed E-state index contributed by atoms with van der Waals surface area (Å²) in [7, 11) is 0. The number of aliphatic hydroxyl groups excluding tert-OH is 3. The van der Waals surface area contributed by atoms with Crippen LogP contribution in [0.15, 0.2) is 12.2 Å². The smallest absolute Gasteiger partial charge is 0.308 e. The number of carbonyl (C=O) groups excluding carboxylic acids is 1. The molecule has 1 aliphatic rings. The average Bonchev–Trinajstić information content (AvgIpc) is 2.12. The molecular weight excluding hydrogens is 200 g/mol. The second-order valence-corrected chi connectivity index (χ2v) is 3.75. The van der Waals surface area contributed by atoms with E-state index >= 15 is 0 Å². The first kappa shape index (κ1) is 12.2. The van der Waals surface area contributed by atoms with Crippen molar-refractivity contribution in [2.45, 2.75) is 44.2 Å². The summed E-state index contributed by atoms with van der Waals surface area (Å²) >= 11 is 0. The Labute approximate surface area is 88.0 Å². The van der Waals surface area contributed by atoms with Crippen molar-refractivity contribution in [2.24, 2.45) is 0 Å². The molecular formula is C10H16O5. The lowest BCUT2D eigenvalue weighted by Crippen LogP contribution is -2.31.